The van der Waals surface area contributed by atoms with Crippen LogP contribution < -0.4 is 5.73 Å². The summed E-state index contributed by atoms with van der Waals surface area (Å²) in [5.74, 6) is 0.213. The summed E-state index contributed by atoms with van der Waals surface area (Å²) >= 11 is 0. The highest BCUT2D eigenvalue weighted by molar-refractivity contribution is 5.94. The fourth-order valence-corrected chi connectivity index (χ4v) is 2.82. The van der Waals surface area contributed by atoms with Crippen molar-refractivity contribution >= 4 is 30.7 Å². The number of amides is 1. The molecule has 0 bridgehead atoms. The van der Waals surface area contributed by atoms with Crippen LogP contribution in [0.1, 0.15) is 27.5 Å². The summed E-state index contributed by atoms with van der Waals surface area (Å²) in [5, 5.41) is 0. The third-order valence-electron chi connectivity index (χ3n) is 4.04. The predicted octanol–water partition coefficient (Wildman–Crippen LogP) is 2.80. The van der Waals surface area contributed by atoms with Crippen LogP contribution in [-0.4, -0.2) is 34.9 Å². The lowest BCUT2D eigenvalue weighted by Crippen LogP contribution is -2.32. The van der Waals surface area contributed by atoms with Crippen molar-refractivity contribution in [2.45, 2.75) is 18.9 Å². The Kier molecular flexibility index (Phi) is 7.01. The van der Waals surface area contributed by atoms with E-state index in [0.29, 0.717) is 18.7 Å². The summed E-state index contributed by atoms with van der Waals surface area (Å²) in [7, 11) is 0. The van der Waals surface area contributed by atoms with Crippen LogP contribution >= 0.6 is 24.8 Å². The topological polar surface area (TPSA) is 59.2 Å². The average Bonchev–Trinajstić information content (AvgIpc) is 2.90. The van der Waals surface area contributed by atoms with Gasteiger partial charge in [0.2, 0.25) is 0 Å². The molecule has 0 unspecified atom stereocenters. The van der Waals surface area contributed by atoms with Crippen molar-refractivity contribution in [3.05, 3.63) is 65.5 Å². The van der Waals surface area contributed by atoms with E-state index in [0.717, 1.165) is 5.69 Å². The number of aryl methyl sites for hydroxylation is 1. The average molecular weight is 354 g/mol. The van der Waals surface area contributed by atoms with Gasteiger partial charge in [0.15, 0.2) is 0 Å². The largest absolute Gasteiger partial charge is 0.336 e. The predicted molar refractivity (Wildman–Crippen MR) is 96.5 cm³/mol. The molecule has 2 aromatic rings. The molecule has 1 aliphatic heterocycles. The van der Waals surface area contributed by atoms with E-state index in [4.69, 9.17) is 5.73 Å². The number of hydrogen-bond donors (Lipinski definition) is 1. The van der Waals surface area contributed by atoms with Crippen molar-refractivity contribution in [2.24, 2.45) is 5.73 Å². The maximum atomic E-state index is 12.5. The molecule has 2 atom stereocenters. The van der Waals surface area contributed by atoms with Crippen LogP contribution in [0.3, 0.4) is 0 Å². The number of likely N-dealkylation sites (tertiary alicyclic amines) is 1. The lowest BCUT2D eigenvalue weighted by Gasteiger charge is -2.16. The quantitative estimate of drug-likeness (QED) is 0.902. The van der Waals surface area contributed by atoms with Gasteiger partial charge in [0.1, 0.15) is 0 Å². The van der Waals surface area contributed by atoms with Crippen LogP contribution in [0.15, 0.2) is 48.7 Å². The SMILES string of the molecule is Cc1ccc(C(=O)N2C[C@@H](N)[C@H](c3ccccc3)C2)cn1.Cl.Cl. The minimum atomic E-state index is -0.0187. The molecule has 2 N–H and O–H groups in total. The Morgan fingerprint density at radius 1 is 1.13 bits per heavy atom. The fraction of sp³-hybridized carbons (Fsp3) is 0.294. The molecule has 124 valence electrons. The molecular weight excluding hydrogens is 333 g/mol. The Bertz CT molecular complexity index is 634. The van der Waals surface area contributed by atoms with E-state index >= 15 is 0 Å². The van der Waals surface area contributed by atoms with E-state index in [1.165, 1.54) is 5.56 Å². The van der Waals surface area contributed by atoms with Gasteiger partial charge < -0.3 is 10.6 Å². The number of carbonyl (C=O) groups is 1. The fourth-order valence-electron chi connectivity index (χ4n) is 2.82. The first-order valence-corrected chi connectivity index (χ1v) is 7.17. The lowest BCUT2D eigenvalue weighted by molar-refractivity contribution is 0.0788. The standard InChI is InChI=1S/C17H19N3O.2ClH/c1-12-7-8-14(9-19-12)17(21)20-10-15(16(18)11-20)13-5-3-2-4-6-13;;/h2-9,15-16H,10-11,18H2,1H3;2*1H/t15-,16+;;/m0../s1. The van der Waals surface area contributed by atoms with E-state index in [2.05, 4.69) is 17.1 Å². The summed E-state index contributed by atoms with van der Waals surface area (Å²) in [6.07, 6.45) is 1.64. The number of rotatable bonds is 2. The molecule has 1 saturated heterocycles. The van der Waals surface area contributed by atoms with Crippen molar-refractivity contribution in [1.29, 1.82) is 0 Å². The van der Waals surface area contributed by atoms with Crippen LogP contribution in [0.4, 0.5) is 0 Å². The Labute approximate surface area is 148 Å². The van der Waals surface area contributed by atoms with E-state index in [1.807, 2.05) is 42.2 Å². The number of nitrogens with two attached hydrogens (primary N) is 1. The molecule has 0 aliphatic carbocycles. The van der Waals surface area contributed by atoms with Gasteiger partial charge in [-0.2, -0.15) is 0 Å². The van der Waals surface area contributed by atoms with E-state index in [9.17, 15) is 4.79 Å². The van der Waals surface area contributed by atoms with Crippen molar-refractivity contribution < 1.29 is 4.79 Å². The smallest absolute Gasteiger partial charge is 0.255 e. The van der Waals surface area contributed by atoms with Gasteiger partial charge in [-0.3, -0.25) is 9.78 Å². The molecule has 6 heteroatoms. The zero-order valence-electron chi connectivity index (χ0n) is 12.9. The summed E-state index contributed by atoms with van der Waals surface area (Å²) in [4.78, 5) is 18.5. The molecule has 0 saturated carbocycles. The van der Waals surface area contributed by atoms with Crippen molar-refractivity contribution in [3.8, 4) is 0 Å². The van der Waals surface area contributed by atoms with E-state index in [1.54, 1.807) is 6.20 Å². The molecule has 23 heavy (non-hydrogen) atoms. The highest BCUT2D eigenvalue weighted by Crippen LogP contribution is 2.27. The number of nitrogens with zero attached hydrogens (tertiary/aromatic N) is 2. The van der Waals surface area contributed by atoms with Gasteiger partial charge in [-0.15, -0.1) is 24.8 Å². The van der Waals surface area contributed by atoms with Gasteiger partial charge in [0.05, 0.1) is 5.56 Å². The van der Waals surface area contributed by atoms with E-state index in [-0.39, 0.29) is 42.7 Å². The molecule has 0 radical (unpaired) electrons. The maximum Gasteiger partial charge on any atom is 0.255 e. The number of benzene rings is 1. The zero-order valence-corrected chi connectivity index (χ0v) is 14.5. The number of hydrogen-bond acceptors (Lipinski definition) is 3. The lowest BCUT2D eigenvalue weighted by atomic mass is 9.95. The third kappa shape index (κ3) is 4.22. The summed E-state index contributed by atoms with van der Waals surface area (Å²) in [5.41, 5.74) is 8.96. The van der Waals surface area contributed by atoms with Crippen molar-refractivity contribution in [3.63, 3.8) is 0 Å². The Morgan fingerprint density at radius 2 is 1.83 bits per heavy atom. The minimum absolute atomic E-state index is 0. The molecular formula is C17H21Cl2N3O. The molecule has 0 spiro atoms. The molecule has 4 nitrogen and oxygen atoms in total. The first-order valence-electron chi connectivity index (χ1n) is 7.17. The van der Waals surface area contributed by atoms with Gasteiger partial charge in [-0.25, -0.2) is 0 Å². The minimum Gasteiger partial charge on any atom is -0.336 e. The van der Waals surface area contributed by atoms with Crippen molar-refractivity contribution in [1.82, 2.24) is 9.88 Å². The highest BCUT2D eigenvalue weighted by Gasteiger charge is 2.34. The van der Waals surface area contributed by atoms with Crippen LogP contribution in [0.5, 0.6) is 0 Å². The van der Waals surface area contributed by atoms with Gasteiger partial charge in [-0.05, 0) is 24.6 Å². The number of aromatic nitrogens is 1. The third-order valence-corrected chi connectivity index (χ3v) is 4.04. The molecule has 1 aromatic heterocycles. The van der Waals surface area contributed by atoms with Gasteiger partial charge >= 0.3 is 0 Å². The molecule has 3 rings (SSSR count). The number of halogens is 2. The first-order chi connectivity index (χ1) is 10.1. The molecule has 1 aromatic carbocycles. The molecule has 2 heterocycles. The normalized spacial score (nSPS) is 19.7. The van der Waals surface area contributed by atoms with Gasteiger partial charge in [0, 0.05) is 36.9 Å². The van der Waals surface area contributed by atoms with Gasteiger partial charge in [-0.1, -0.05) is 30.3 Å². The Balaban J connectivity index is 0.00000132. The molecule has 1 fully saturated rings. The van der Waals surface area contributed by atoms with Crippen molar-refractivity contribution in [2.75, 3.05) is 13.1 Å². The number of pyridine rings is 1. The highest BCUT2D eigenvalue weighted by atomic mass is 35.5. The van der Waals surface area contributed by atoms with E-state index < -0.39 is 0 Å². The maximum absolute atomic E-state index is 12.5. The summed E-state index contributed by atoms with van der Waals surface area (Å²) < 4.78 is 0. The monoisotopic (exact) mass is 353 g/mol. The molecule has 1 amide bonds. The Hall–Kier alpha value is -1.62. The number of carbonyl (C=O) groups excluding carboxylic acids is 1. The van der Waals surface area contributed by atoms with Crippen LogP contribution in [0.2, 0.25) is 0 Å². The van der Waals surface area contributed by atoms with Crippen LogP contribution in [-0.2, 0) is 0 Å². The van der Waals surface area contributed by atoms with Crippen LogP contribution in [0, 0.1) is 6.92 Å². The Morgan fingerprint density at radius 3 is 2.43 bits per heavy atom. The molecule has 1 aliphatic rings. The van der Waals surface area contributed by atoms with Gasteiger partial charge in [0.25, 0.3) is 5.91 Å². The summed E-state index contributed by atoms with van der Waals surface area (Å²) in [6.45, 7) is 3.16. The second-order valence-electron chi connectivity index (χ2n) is 5.58. The zero-order chi connectivity index (χ0) is 14.8. The van der Waals surface area contributed by atoms with Crippen LogP contribution in [0.25, 0.3) is 0 Å². The second kappa shape index (κ2) is 8.29. The first kappa shape index (κ1) is 19.4. The second-order valence-corrected chi connectivity index (χ2v) is 5.58. The summed E-state index contributed by atoms with van der Waals surface area (Å²) in [6, 6.07) is 13.8.